The summed E-state index contributed by atoms with van der Waals surface area (Å²) in [6.07, 6.45) is -3.43. The molecule has 0 aromatic rings. The van der Waals surface area contributed by atoms with Crippen molar-refractivity contribution >= 4 is 5.97 Å². The highest BCUT2D eigenvalue weighted by Gasteiger charge is 2.57. The topological polar surface area (TPSA) is 85.2 Å². The van der Waals surface area contributed by atoms with Crippen molar-refractivity contribution < 1.29 is 29.2 Å². The zero-order chi connectivity index (χ0) is 11.2. The van der Waals surface area contributed by atoms with Crippen molar-refractivity contribution in [1.29, 1.82) is 0 Å². The van der Waals surface area contributed by atoms with Crippen LogP contribution in [0.1, 0.15) is 13.8 Å². The fraction of sp³-hybridized carbons (Fsp3) is 0.889. The molecular formula is C9H14O6. The number of cyclic esters (lactones) is 1. The van der Waals surface area contributed by atoms with Crippen LogP contribution in [-0.2, 0) is 19.0 Å². The molecule has 2 N–H and O–H groups in total. The van der Waals surface area contributed by atoms with Crippen LogP contribution in [0.3, 0.4) is 0 Å². The molecule has 0 saturated carbocycles. The molecule has 2 heterocycles. The minimum atomic E-state index is -1.14. The van der Waals surface area contributed by atoms with Gasteiger partial charge in [-0.05, 0) is 13.8 Å². The number of aliphatic hydroxyl groups is 2. The molecule has 15 heavy (non-hydrogen) atoms. The minimum absolute atomic E-state index is 0.481. The van der Waals surface area contributed by atoms with E-state index in [9.17, 15) is 9.90 Å². The normalized spacial score (nSPS) is 40.0. The smallest absolute Gasteiger partial charge is 0.338 e. The number of rotatable bonds is 2. The van der Waals surface area contributed by atoms with Gasteiger partial charge in [0.25, 0.3) is 0 Å². The largest absolute Gasteiger partial charge is 0.455 e. The van der Waals surface area contributed by atoms with Gasteiger partial charge in [0.15, 0.2) is 18.0 Å². The van der Waals surface area contributed by atoms with E-state index in [-0.39, 0.29) is 0 Å². The van der Waals surface area contributed by atoms with Gasteiger partial charge >= 0.3 is 5.97 Å². The first-order chi connectivity index (χ1) is 6.94. The highest BCUT2D eigenvalue weighted by atomic mass is 16.8. The predicted octanol–water partition coefficient (Wildman–Crippen LogP) is -1.21. The Morgan fingerprint density at radius 3 is 2.73 bits per heavy atom. The third kappa shape index (κ3) is 1.74. The molecule has 0 radical (unpaired) electrons. The lowest BCUT2D eigenvalue weighted by Gasteiger charge is -2.23. The fourth-order valence-corrected chi connectivity index (χ4v) is 1.88. The molecule has 0 spiro atoms. The quantitative estimate of drug-likeness (QED) is 0.565. The minimum Gasteiger partial charge on any atom is -0.455 e. The number of carbonyl (C=O) groups is 1. The van der Waals surface area contributed by atoms with E-state index in [1.165, 1.54) is 0 Å². The van der Waals surface area contributed by atoms with E-state index in [1.807, 2.05) is 0 Å². The van der Waals surface area contributed by atoms with Gasteiger partial charge in [0.2, 0.25) is 0 Å². The van der Waals surface area contributed by atoms with Crippen LogP contribution in [0, 0.1) is 0 Å². The number of fused-ring (bicyclic) bond motifs is 1. The van der Waals surface area contributed by atoms with Gasteiger partial charge in [0.1, 0.15) is 12.2 Å². The molecule has 6 heteroatoms. The summed E-state index contributed by atoms with van der Waals surface area (Å²) in [5.41, 5.74) is 0. The summed E-state index contributed by atoms with van der Waals surface area (Å²) in [4.78, 5) is 11.4. The van der Waals surface area contributed by atoms with Crippen LogP contribution in [0.2, 0.25) is 0 Å². The first kappa shape index (κ1) is 10.8. The highest BCUT2D eigenvalue weighted by Crippen LogP contribution is 2.36. The van der Waals surface area contributed by atoms with E-state index < -0.39 is 42.8 Å². The van der Waals surface area contributed by atoms with E-state index in [0.29, 0.717) is 0 Å². The van der Waals surface area contributed by atoms with Crippen LogP contribution in [0.15, 0.2) is 0 Å². The molecule has 2 rings (SSSR count). The van der Waals surface area contributed by atoms with Gasteiger partial charge in [-0.25, -0.2) is 4.79 Å². The van der Waals surface area contributed by atoms with E-state index in [0.717, 1.165) is 0 Å². The van der Waals surface area contributed by atoms with Crippen molar-refractivity contribution in [2.75, 3.05) is 6.61 Å². The average molecular weight is 218 g/mol. The summed E-state index contributed by atoms with van der Waals surface area (Å²) in [6, 6.07) is 0. The van der Waals surface area contributed by atoms with Crippen LogP contribution in [-0.4, -0.2) is 53.0 Å². The molecule has 2 fully saturated rings. The molecular weight excluding hydrogens is 204 g/mol. The lowest BCUT2D eigenvalue weighted by atomic mass is 10.1. The van der Waals surface area contributed by atoms with Crippen molar-refractivity contribution in [3.05, 3.63) is 0 Å². The second kappa shape index (κ2) is 3.41. The standard InChI is InChI=1S/C9H14O6/c1-9(2)14-6-5(4(11)3-10)13-8(12)7(6)15-9/h4-7,10-11H,3H2,1-2H3/t4-,5+,6-,7+/m0/s1. The average Bonchev–Trinajstić information content (AvgIpc) is 2.61. The highest BCUT2D eigenvalue weighted by molar-refractivity contribution is 5.78. The number of esters is 1. The summed E-state index contributed by atoms with van der Waals surface area (Å²) in [5, 5.41) is 18.2. The predicted molar refractivity (Wildman–Crippen MR) is 46.8 cm³/mol. The maximum Gasteiger partial charge on any atom is 0.338 e. The molecule has 0 amide bonds. The first-order valence-corrected chi connectivity index (χ1v) is 4.79. The number of ether oxygens (including phenoxy) is 3. The summed E-state index contributed by atoms with van der Waals surface area (Å²) >= 11 is 0. The third-order valence-electron chi connectivity index (χ3n) is 2.50. The number of hydrogen-bond donors (Lipinski definition) is 2. The Hall–Kier alpha value is -0.690. The Morgan fingerprint density at radius 2 is 2.13 bits per heavy atom. The monoisotopic (exact) mass is 218 g/mol. The van der Waals surface area contributed by atoms with E-state index in [1.54, 1.807) is 13.8 Å². The Morgan fingerprint density at radius 1 is 1.47 bits per heavy atom. The Labute approximate surface area is 86.7 Å². The molecule has 0 aromatic carbocycles. The van der Waals surface area contributed by atoms with Crippen molar-refractivity contribution in [2.45, 2.75) is 44.1 Å². The second-order valence-electron chi connectivity index (χ2n) is 4.17. The maximum atomic E-state index is 11.4. The zero-order valence-corrected chi connectivity index (χ0v) is 8.54. The number of aliphatic hydroxyl groups excluding tert-OH is 2. The molecule has 0 bridgehead atoms. The van der Waals surface area contributed by atoms with Gasteiger partial charge < -0.3 is 24.4 Å². The van der Waals surface area contributed by atoms with Gasteiger partial charge in [-0.3, -0.25) is 0 Å². The van der Waals surface area contributed by atoms with Gasteiger partial charge in [0, 0.05) is 0 Å². The molecule has 2 saturated heterocycles. The van der Waals surface area contributed by atoms with Crippen molar-refractivity contribution in [3.8, 4) is 0 Å². The van der Waals surface area contributed by atoms with Gasteiger partial charge in [-0.1, -0.05) is 0 Å². The third-order valence-corrected chi connectivity index (χ3v) is 2.50. The van der Waals surface area contributed by atoms with Crippen molar-refractivity contribution in [1.82, 2.24) is 0 Å². The zero-order valence-electron chi connectivity index (χ0n) is 8.54. The SMILES string of the molecule is CC1(C)O[C@H]2[C@@H]([C@@H](O)CO)OC(=O)[C@@H]2O1. The van der Waals surface area contributed by atoms with Crippen molar-refractivity contribution in [2.24, 2.45) is 0 Å². The summed E-state index contributed by atoms with van der Waals surface area (Å²) < 4.78 is 15.6. The number of hydrogen-bond acceptors (Lipinski definition) is 6. The number of carbonyl (C=O) groups excluding carboxylic acids is 1. The Bertz CT molecular complexity index is 276. The molecule has 0 unspecified atom stereocenters. The molecule has 2 aliphatic heterocycles. The first-order valence-electron chi connectivity index (χ1n) is 4.79. The molecule has 4 atom stereocenters. The van der Waals surface area contributed by atoms with Crippen LogP contribution in [0.4, 0.5) is 0 Å². The Balaban J connectivity index is 2.16. The molecule has 0 aromatic heterocycles. The maximum absolute atomic E-state index is 11.4. The molecule has 6 nitrogen and oxygen atoms in total. The van der Waals surface area contributed by atoms with Gasteiger partial charge in [-0.15, -0.1) is 0 Å². The molecule has 86 valence electrons. The lowest BCUT2D eigenvalue weighted by molar-refractivity contribution is -0.195. The van der Waals surface area contributed by atoms with Gasteiger partial charge in [-0.2, -0.15) is 0 Å². The molecule has 2 aliphatic rings. The molecule has 0 aliphatic carbocycles. The Kier molecular flexibility index (Phi) is 2.46. The van der Waals surface area contributed by atoms with Crippen LogP contribution in [0.5, 0.6) is 0 Å². The van der Waals surface area contributed by atoms with E-state index in [2.05, 4.69) is 0 Å². The van der Waals surface area contributed by atoms with E-state index >= 15 is 0 Å². The van der Waals surface area contributed by atoms with Crippen molar-refractivity contribution in [3.63, 3.8) is 0 Å². The van der Waals surface area contributed by atoms with Gasteiger partial charge in [0.05, 0.1) is 6.61 Å². The van der Waals surface area contributed by atoms with Crippen LogP contribution < -0.4 is 0 Å². The summed E-state index contributed by atoms with van der Waals surface area (Å²) in [5.74, 6) is -1.41. The summed E-state index contributed by atoms with van der Waals surface area (Å²) in [7, 11) is 0. The fourth-order valence-electron chi connectivity index (χ4n) is 1.88. The van der Waals surface area contributed by atoms with Crippen LogP contribution in [0.25, 0.3) is 0 Å². The second-order valence-corrected chi connectivity index (χ2v) is 4.17. The van der Waals surface area contributed by atoms with Crippen LogP contribution >= 0.6 is 0 Å². The summed E-state index contributed by atoms with van der Waals surface area (Å²) in [6.45, 7) is 2.88. The lowest BCUT2D eigenvalue weighted by Crippen LogP contribution is -2.40. The van der Waals surface area contributed by atoms with E-state index in [4.69, 9.17) is 19.3 Å².